The molecule has 106 valence electrons. The summed E-state index contributed by atoms with van der Waals surface area (Å²) in [6.07, 6.45) is 1.09. The molecule has 4 N–H and O–H groups in total. The first kappa shape index (κ1) is 15.3. The van der Waals surface area contributed by atoms with E-state index in [1.54, 1.807) is 0 Å². The fourth-order valence-corrected chi connectivity index (χ4v) is 2.00. The van der Waals surface area contributed by atoms with E-state index < -0.39 is 12.0 Å². The summed E-state index contributed by atoms with van der Waals surface area (Å²) in [5.74, 6) is -0.711. The van der Waals surface area contributed by atoms with Crippen molar-refractivity contribution in [1.82, 2.24) is 5.32 Å². The van der Waals surface area contributed by atoms with Crippen LogP contribution < -0.4 is 5.32 Å². The summed E-state index contributed by atoms with van der Waals surface area (Å²) < 4.78 is 0. The SMILES string of the molecule is CCC(CC)C(O)CNC(=O)c1ccc(O)cc1O. The van der Waals surface area contributed by atoms with Crippen LogP contribution in [0.1, 0.15) is 37.0 Å². The molecule has 0 aromatic heterocycles. The first-order chi connectivity index (χ1) is 8.99. The van der Waals surface area contributed by atoms with Gasteiger partial charge in [-0.25, -0.2) is 0 Å². The van der Waals surface area contributed by atoms with Crippen molar-refractivity contribution in [1.29, 1.82) is 0 Å². The van der Waals surface area contributed by atoms with E-state index >= 15 is 0 Å². The van der Waals surface area contributed by atoms with Crippen LogP contribution in [0.25, 0.3) is 0 Å². The van der Waals surface area contributed by atoms with Gasteiger partial charge >= 0.3 is 0 Å². The Kier molecular flexibility index (Phi) is 5.63. The number of amides is 1. The van der Waals surface area contributed by atoms with Crippen LogP contribution in [0.15, 0.2) is 18.2 Å². The van der Waals surface area contributed by atoms with E-state index in [2.05, 4.69) is 5.32 Å². The van der Waals surface area contributed by atoms with Crippen LogP contribution in [-0.4, -0.2) is 33.9 Å². The van der Waals surface area contributed by atoms with Gasteiger partial charge in [0, 0.05) is 12.6 Å². The van der Waals surface area contributed by atoms with Gasteiger partial charge in [0.2, 0.25) is 0 Å². The van der Waals surface area contributed by atoms with Crippen molar-refractivity contribution in [3.63, 3.8) is 0 Å². The van der Waals surface area contributed by atoms with Gasteiger partial charge in [-0.15, -0.1) is 0 Å². The van der Waals surface area contributed by atoms with Gasteiger partial charge in [0.05, 0.1) is 11.7 Å². The minimum absolute atomic E-state index is 0.0783. The monoisotopic (exact) mass is 267 g/mol. The van der Waals surface area contributed by atoms with Gasteiger partial charge in [0.25, 0.3) is 5.91 Å². The number of aliphatic hydroxyl groups excluding tert-OH is 1. The predicted molar refractivity (Wildman–Crippen MR) is 72.2 cm³/mol. The first-order valence-corrected chi connectivity index (χ1v) is 6.47. The van der Waals surface area contributed by atoms with Crippen molar-refractivity contribution in [3.8, 4) is 11.5 Å². The lowest BCUT2D eigenvalue weighted by atomic mass is 9.96. The Balaban J connectivity index is 2.60. The summed E-state index contributed by atoms with van der Waals surface area (Å²) >= 11 is 0. The van der Waals surface area contributed by atoms with E-state index in [0.29, 0.717) is 0 Å². The zero-order valence-corrected chi connectivity index (χ0v) is 11.3. The van der Waals surface area contributed by atoms with Gasteiger partial charge in [0.15, 0.2) is 0 Å². The molecule has 1 aromatic rings. The molecule has 0 radical (unpaired) electrons. The number of benzene rings is 1. The molecule has 1 atom stereocenters. The smallest absolute Gasteiger partial charge is 0.255 e. The molecular formula is C14H21NO4. The van der Waals surface area contributed by atoms with Gasteiger partial charge in [-0.05, 0) is 18.1 Å². The van der Waals surface area contributed by atoms with Gasteiger partial charge in [0.1, 0.15) is 11.5 Å². The number of rotatable bonds is 6. The second-order valence-electron chi connectivity index (χ2n) is 4.56. The number of carbonyl (C=O) groups excluding carboxylic acids is 1. The summed E-state index contributed by atoms with van der Waals surface area (Å²) in [7, 11) is 0. The van der Waals surface area contributed by atoms with Crippen molar-refractivity contribution >= 4 is 5.91 Å². The van der Waals surface area contributed by atoms with E-state index in [1.165, 1.54) is 12.1 Å². The topological polar surface area (TPSA) is 89.8 Å². The largest absolute Gasteiger partial charge is 0.508 e. The molecule has 19 heavy (non-hydrogen) atoms. The van der Waals surface area contributed by atoms with Crippen LogP contribution in [0.4, 0.5) is 0 Å². The molecule has 0 saturated carbocycles. The zero-order chi connectivity index (χ0) is 14.4. The molecular weight excluding hydrogens is 246 g/mol. The molecule has 0 aliphatic carbocycles. The quantitative estimate of drug-likeness (QED) is 0.630. The van der Waals surface area contributed by atoms with E-state index in [1.807, 2.05) is 13.8 Å². The van der Waals surface area contributed by atoms with Crippen LogP contribution >= 0.6 is 0 Å². The molecule has 5 nitrogen and oxygen atoms in total. The summed E-state index contributed by atoms with van der Waals surface area (Å²) in [5, 5.41) is 31.2. The van der Waals surface area contributed by atoms with Gasteiger partial charge in [-0.2, -0.15) is 0 Å². The number of carbonyl (C=O) groups is 1. The Labute approximate surface area is 112 Å². The van der Waals surface area contributed by atoms with E-state index in [9.17, 15) is 15.0 Å². The second-order valence-corrected chi connectivity index (χ2v) is 4.56. The minimum Gasteiger partial charge on any atom is -0.508 e. The third-order valence-corrected chi connectivity index (χ3v) is 3.29. The Morgan fingerprint density at radius 2 is 1.89 bits per heavy atom. The normalized spacial score (nSPS) is 12.4. The highest BCUT2D eigenvalue weighted by atomic mass is 16.3. The van der Waals surface area contributed by atoms with Crippen LogP contribution in [0.3, 0.4) is 0 Å². The van der Waals surface area contributed by atoms with Crippen molar-refractivity contribution in [2.24, 2.45) is 5.92 Å². The number of aromatic hydroxyl groups is 2. The van der Waals surface area contributed by atoms with Gasteiger partial charge < -0.3 is 20.6 Å². The molecule has 5 heteroatoms. The highest BCUT2D eigenvalue weighted by Crippen LogP contribution is 2.22. The number of hydrogen-bond donors (Lipinski definition) is 4. The van der Waals surface area contributed by atoms with E-state index in [4.69, 9.17) is 5.11 Å². The van der Waals surface area contributed by atoms with E-state index in [0.717, 1.165) is 18.9 Å². The highest BCUT2D eigenvalue weighted by Gasteiger charge is 2.18. The standard InChI is InChI=1S/C14H21NO4/c1-3-9(4-2)13(18)8-15-14(19)11-6-5-10(16)7-12(11)17/h5-7,9,13,16-18H,3-4,8H2,1-2H3,(H,15,19). The number of aliphatic hydroxyl groups is 1. The summed E-state index contributed by atoms with van der Waals surface area (Å²) in [5.41, 5.74) is 0.0783. The Morgan fingerprint density at radius 3 is 2.42 bits per heavy atom. The predicted octanol–water partition coefficient (Wildman–Crippen LogP) is 1.62. The molecule has 0 bridgehead atoms. The van der Waals surface area contributed by atoms with Gasteiger partial charge in [-0.1, -0.05) is 26.7 Å². The third kappa shape index (κ3) is 4.13. The Bertz CT molecular complexity index is 429. The van der Waals surface area contributed by atoms with Crippen LogP contribution in [0.2, 0.25) is 0 Å². The first-order valence-electron chi connectivity index (χ1n) is 6.47. The van der Waals surface area contributed by atoms with Crippen molar-refractivity contribution < 1.29 is 20.1 Å². The molecule has 0 aliphatic rings. The molecule has 0 aliphatic heterocycles. The maximum atomic E-state index is 11.8. The van der Waals surface area contributed by atoms with Crippen LogP contribution in [-0.2, 0) is 0 Å². The summed E-state index contributed by atoms with van der Waals surface area (Å²) in [6, 6.07) is 3.77. The van der Waals surface area contributed by atoms with Crippen molar-refractivity contribution in [2.45, 2.75) is 32.8 Å². The molecule has 1 amide bonds. The molecule has 0 saturated heterocycles. The molecule has 1 aromatic carbocycles. The lowest BCUT2D eigenvalue weighted by Crippen LogP contribution is -2.36. The average Bonchev–Trinajstić information content (AvgIpc) is 2.37. The second kappa shape index (κ2) is 6.99. The number of phenols is 2. The number of phenolic OH excluding ortho intramolecular Hbond substituents is 2. The average molecular weight is 267 g/mol. The molecule has 0 fully saturated rings. The Morgan fingerprint density at radius 1 is 1.26 bits per heavy atom. The van der Waals surface area contributed by atoms with Crippen molar-refractivity contribution in [3.05, 3.63) is 23.8 Å². The third-order valence-electron chi connectivity index (χ3n) is 3.29. The molecule has 1 unspecified atom stereocenters. The Hall–Kier alpha value is -1.75. The fourth-order valence-electron chi connectivity index (χ4n) is 2.00. The lowest BCUT2D eigenvalue weighted by Gasteiger charge is -2.20. The maximum Gasteiger partial charge on any atom is 0.255 e. The molecule has 0 heterocycles. The van der Waals surface area contributed by atoms with E-state index in [-0.39, 0.29) is 29.5 Å². The lowest BCUT2D eigenvalue weighted by molar-refractivity contribution is 0.0814. The van der Waals surface area contributed by atoms with Gasteiger partial charge in [-0.3, -0.25) is 4.79 Å². The summed E-state index contributed by atoms with van der Waals surface area (Å²) in [4.78, 5) is 11.8. The minimum atomic E-state index is -0.599. The maximum absolute atomic E-state index is 11.8. The van der Waals surface area contributed by atoms with Crippen molar-refractivity contribution in [2.75, 3.05) is 6.54 Å². The summed E-state index contributed by atoms with van der Waals surface area (Å²) in [6.45, 7) is 4.13. The molecule has 1 rings (SSSR count). The molecule has 0 spiro atoms. The highest BCUT2D eigenvalue weighted by molar-refractivity contribution is 5.96. The zero-order valence-electron chi connectivity index (χ0n) is 11.3. The van der Waals surface area contributed by atoms with Crippen LogP contribution in [0, 0.1) is 5.92 Å². The fraction of sp³-hybridized carbons (Fsp3) is 0.500. The number of hydrogen-bond acceptors (Lipinski definition) is 4. The number of nitrogens with one attached hydrogen (secondary N) is 1. The van der Waals surface area contributed by atoms with Crippen LogP contribution in [0.5, 0.6) is 11.5 Å².